The number of alkyl halides is 2. The topological polar surface area (TPSA) is 124 Å². The van der Waals surface area contributed by atoms with Crippen molar-refractivity contribution >= 4 is 39.1 Å². The van der Waals surface area contributed by atoms with Crippen LogP contribution in [0.3, 0.4) is 0 Å². The van der Waals surface area contributed by atoms with Crippen molar-refractivity contribution in [2.24, 2.45) is 0 Å². The van der Waals surface area contributed by atoms with Crippen molar-refractivity contribution < 1.29 is 13.3 Å². The fourth-order valence-corrected chi connectivity index (χ4v) is 4.77. The van der Waals surface area contributed by atoms with E-state index < -0.39 is 30.3 Å². The van der Waals surface area contributed by atoms with Gasteiger partial charge in [-0.3, -0.25) is 18.9 Å². The molecule has 4 heterocycles. The lowest BCUT2D eigenvalue weighted by molar-refractivity contribution is 0.126. The van der Waals surface area contributed by atoms with Crippen molar-refractivity contribution in [1.82, 2.24) is 29.5 Å². The van der Waals surface area contributed by atoms with Gasteiger partial charge < -0.3 is 5.32 Å². The molecule has 0 aliphatic carbocycles. The van der Waals surface area contributed by atoms with E-state index in [4.69, 9.17) is 11.6 Å². The minimum Gasteiger partial charge on any atom is -0.377 e. The number of nitrogens with one attached hydrogen (secondary N) is 2. The summed E-state index contributed by atoms with van der Waals surface area (Å²) < 4.78 is 34.2. The molecule has 2 N–H and O–H groups in total. The molecule has 0 saturated carbocycles. The third-order valence-corrected chi connectivity index (χ3v) is 6.32. The summed E-state index contributed by atoms with van der Waals surface area (Å²) in [4.78, 5) is 31.7. The van der Waals surface area contributed by atoms with E-state index >= 15 is 0 Å². The monoisotopic (exact) mass is 529 g/mol. The highest BCUT2D eigenvalue weighted by atomic mass is 35.5. The molecule has 0 spiro atoms. The maximum Gasteiger partial charge on any atom is 0.439 e. The normalized spacial score (nSPS) is 12.6. The minimum atomic E-state index is -2.71. The van der Waals surface area contributed by atoms with E-state index in [1.165, 1.54) is 0 Å². The smallest absolute Gasteiger partial charge is 0.377 e. The number of hydrogen-bond donors (Lipinski definition) is 2. The molecule has 1 aromatic carbocycles. The van der Waals surface area contributed by atoms with Crippen LogP contribution >= 0.6 is 11.6 Å². The summed E-state index contributed by atoms with van der Waals surface area (Å²) in [6.45, 7) is 5.23. The van der Waals surface area contributed by atoms with Gasteiger partial charge >= 0.3 is 5.76 Å². The fourth-order valence-electron chi connectivity index (χ4n) is 4.62. The number of anilines is 1. The van der Waals surface area contributed by atoms with E-state index in [-0.39, 0.29) is 16.7 Å². The predicted octanol–water partition coefficient (Wildman–Crippen LogP) is 4.51. The fraction of sp³-hybridized carbons (Fsp3) is 0.292. The van der Waals surface area contributed by atoms with Crippen LogP contribution in [0.1, 0.15) is 31.0 Å². The molecule has 0 aliphatic heterocycles. The summed E-state index contributed by atoms with van der Waals surface area (Å²) >= 11 is 6.09. The van der Waals surface area contributed by atoms with Gasteiger partial charge in [-0.1, -0.05) is 22.8 Å². The zero-order chi connectivity index (χ0) is 26.4. The minimum absolute atomic E-state index is 0.0952. The summed E-state index contributed by atoms with van der Waals surface area (Å²) in [6, 6.07) is 6.50. The molecule has 0 amide bonds. The Morgan fingerprint density at radius 3 is 2.68 bits per heavy atom. The quantitative estimate of drug-likeness (QED) is 0.297. The van der Waals surface area contributed by atoms with E-state index in [2.05, 4.69) is 30.1 Å². The molecule has 4 aromatic heterocycles. The Kier molecular flexibility index (Phi) is 6.28. The highest BCUT2D eigenvalue weighted by Gasteiger charge is 2.23. The van der Waals surface area contributed by atoms with E-state index in [1.807, 2.05) is 26.8 Å². The zero-order valence-corrected chi connectivity index (χ0v) is 20.8. The Bertz CT molecular complexity index is 1760. The summed E-state index contributed by atoms with van der Waals surface area (Å²) in [5, 5.41) is 13.1. The van der Waals surface area contributed by atoms with Gasteiger partial charge in [0, 0.05) is 28.7 Å². The molecule has 0 radical (unpaired) electrons. The average Bonchev–Trinajstić information content (AvgIpc) is 3.48. The molecule has 5 rings (SSSR count). The number of pyridine rings is 2. The first kappa shape index (κ1) is 24.6. The Morgan fingerprint density at radius 1 is 1.22 bits per heavy atom. The molecule has 13 heteroatoms. The Morgan fingerprint density at radius 2 is 2.00 bits per heavy atom. The highest BCUT2D eigenvalue weighted by molar-refractivity contribution is 6.29. The average molecular weight is 530 g/mol. The summed E-state index contributed by atoms with van der Waals surface area (Å²) in [6.07, 6.45) is -1.11. The van der Waals surface area contributed by atoms with Crippen LogP contribution in [0.25, 0.3) is 33.3 Å². The first-order valence-electron chi connectivity index (χ1n) is 11.5. The zero-order valence-electron chi connectivity index (χ0n) is 20.1. The van der Waals surface area contributed by atoms with E-state index in [0.29, 0.717) is 34.0 Å². The van der Waals surface area contributed by atoms with Gasteiger partial charge in [-0.15, -0.1) is 0 Å². The molecule has 0 bridgehead atoms. The number of aryl methyl sites for hydroxylation is 2. The summed E-state index contributed by atoms with van der Waals surface area (Å²) in [7, 11) is 0. The molecule has 1 unspecified atom stereocenters. The number of rotatable bonds is 7. The van der Waals surface area contributed by atoms with Crippen molar-refractivity contribution in [3.8, 4) is 11.5 Å². The number of H-pyrrole nitrogens is 1. The molecule has 0 aliphatic rings. The SMILES string of the molecule is CCn1ncc2c3c(C(C)Nc4ccc(Cl)nc4-c4noc(=O)[nH]4)cc(C)cc3c(=O)n(CC(F)F)c21. The van der Waals surface area contributed by atoms with Crippen molar-refractivity contribution in [3.63, 3.8) is 0 Å². The van der Waals surface area contributed by atoms with Crippen LogP contribution in [0.15, 0.2) is 44.6 Å². The van der Waals surface area contributed by atoms with Gasteiger partial charge in [-0.2, -0.15) is 5.10 Å². The second kappa shape index (κ2) is 9.43. The molecular formula is C24H22ClF2N7O3. The maximum absolute atomic E-state index is 13.5. The molecule has 0 fully saturated rings. The predicted molar refractivity (Wildman–Crippen MR) is 135 cm³/mol. The Labute approximate surface area is 212 Å². The standard InChI is InChI=1S/C24H22ClF2N7O3/c1-4-34-22-15(9-28-34)19-13(7-11(2)8-14(19)23(35)33(22)10-18(26)27)12(3)29-16-5-6-17(25)30-20(16)21-31-24(36)37-32-21/h5-9,12,18,29H,4,10H2,1-3H3,(H,31,32,36). The number of fused-ring (bicyclic) bond motifs is 3. The molecule has 192 valence electrons. The van der Waals surface area contributed by atoms with Gasteiger partial charge in [-0.05, 0) is 50.1 Å². The van der Waals surface area contributed by atoms with Crippen LogP contribution in [0, 0.1) is 6.92 Å². The maximum atomic E-state index is 13.5. The Hall–Kier alpha value is -4.06. The third-order valence-electron chi connectivity index (χ3n) is 6.11. The third kappa shape index (κ3) is 4.37. The van der Waals surface area contributed by atoms with Crippen LogP contribution in [0.2, 0.25) is 5.15 Å². The van der Waals surface area contributed by atoms with Crippen molar-refractivity contribution in [3.05, 3.63) is 67.6 Å². The molecule has 37 heavy (non-hydrogen) atoms. The van der Waals surface area contributed by atoms with E-state index in [1.54, 1.807) is 29.1 Å². The summed E-state index contributed by atoms with van der Waals surface area (Å²) in [5.41, 5.74) is 2.14. The van der Waals surface area contributed by atoms with Crippen LogP contribution in [0.5, 0.6) is 0 Å². The summed E-state index contributed by atoms with van der Waals surface area (Å²) in [5.74, 6) is -0.645. The van der Waals surface area contributed by atoms with Gasteiger partial charge in [0.05, 0.1) is 18.4 Å². The number of aromatic nitrogens is 6. The van der Waals surface area contributed by atoms with Crippen LogP contribution in [-0.4, -0.2) is 35.9 Å². The lowest BCUT2D eigenvalue weighted by atomic mass is 9.95. The van der Waals surface area contributed by atoms with Crippen molar-refractivity contribution in [2.75, 3.05) is 5.32 Å². The number of hydrogen-bond acceptors (Lipinski definition) is 7. The highest BCUT2D eigenvalue weighted by Crippen LogP contribution is 2.34. The number of benzene rings is 1. The van der Waals surface area contributed by atoms with Crippen LogP contribution < -0.4 is 16.6 Å². The van der Waals surface area contributed by atoms with E-state index in [9.17, 15) is 18.4 Å². The van der Waals surface area contributed by atoms with Gasteiger partial charge in [-0.25, -0.2) is 23.2 Å². The lowest BCUT2D eigenvalue weighted by Crippen LogP contribution is -2.26. The first-order valence-corrected chi connectivity index (χ1v) is 11.9. The second-order valence-corrected chi connectivity index (χ2v) is 9.01. The molecule has 5 aromatic rings. The number of nitrogens with zero attached hydrogens (tertiary/aromatic N) is 5. The van der Waals surface area contributed by atoms with E-state index in [0.717, 1.165) is 15.7 Å². The van der Waals surface area contributed by atoms with Gasteiger partial charge in [0.2, 0.25) is 5.82 Å². The first-order chi connectivity index (χ1) is 17.7. The molecule has 0 saturated heterocycles. The van der Waals surface area contributed by atoms with Gasteiger partial charge in [0.15, 0.2) is 0 Å². The largest absolute Gasteiger partial charge is 0.439 e. The van der Waals surface area contributed by atoms with Gasteiger partial charge in [0.25, 0.3) is 12.0 Å². The van der Waals surface area contributed by atoms with Gasteiger partial charge in [0.1, 0.15) is 16.5 Å². The van der Waals surface area contributed by atoms with Crippen molar-refractivity contribution in [1.29, 1.82) is 0 Å². The Balaban J connectivity index is 1.71. The molecule has 1 atom stereocenters. The van der Waals surface area contributed by atoms with Crippen LogP contribution in [-0.2, 0) is 13.1 Å². The van der Waals surface area contributed by atoms with Crippen LogP contribution in [0.4, 0.5) is 14.5 Å². The molecule has 10 nitrogen and oxygen atoms in total. The number of aromatic amines is 1. The lowest BCUT2D eigenvalue weighted by Gasteiger charge is -2.21. The molecular weight excluding hydrogens is 508 g/mol. The van der Waals surface area contributed by atoms with Crippen molar-refractivity contribution in [2.45, 2.75) is 46.3 Å². The number of halogens is 3. The second-order valence-electron chi connectivity index (χ2n) is 8.62.